The fraction of sp³-hybridized carbons (Fsp3) is 0.579. The minimum atomic E-state index is -1.82. The van der Waals surface area contributed by atoms with Crippen LogP contribution in [0.25, 0.3) is 0 Å². The van der Waals surface area contributed by atoms with Crippen LogP contribution in [0.4, 0.5) is 0 Å². The molecule has 0 atom stereocenters. The lowest BCUT2D eigenvalue weighted by Gasteiger charge is -2.29. The molecule has 1 saturated heterocycles. The smallest absolute Gasteiger partial charge is 0.414 e. The van der Waals surface area contributed by atoms with Crippen LogP contribution in [0.3, 0.4) is 0 Å². The highest BCUT2D eigenvalue weighted by Gasteiger charge is 2.15. The number of halogens is 2. The molecule has 1 fully saturated rings. The largest absolute Gasteiger partial charge is 0.488 e. The molecule has 2 N–H and O–H groups in total. The Balaban J connectivity index is 0.000000568. The summed E-state index contributed by atoms with van der Waals surface area (Å²) >= 11 is 9.67. The van der Waals surface area contributed by atoms with E-state index in [1.54, 1.807) is 0 Å². The van der Waals surface area contributed by atoms with Gasteiger partial charge in [0.05, 0.1) is 22.7 Å². The highest BCUT2D eigenvalue weighted by Crippen LogP contribution is 2.34. The number of carboxylic acids is 2. The summed E-state index contributed by atoms with van der Waals surface area (Å²) in [4.78, 5) is 20.7. The van der Waals surface area contributed by atoms with Crippen molar-refractivity contribution in [2.45, 2.75) is 26.7 Å². The summed E-state index contributed by atoms with van der Waals surface area (Å²) in [6, 6.07) is 3.90. The molecule has 2 rings (SSSR count). The number of carbonyl (C=O) groups is 2. The molecule has 0 spiro atoms. The molecule has 28 heavy (non-hydrogen) atoms. The molecule has 1 aromatic carbocycles. The van der Waals surface area contributed by atoms with E-state index in [2.05, 4.69) is 27.8 Å². The summed E-state index contributed by atoms with van der Waals surface area (Å²) in [5.41, 5.74) is 1.11. The number of ether oxygens (including phenoxy) is 2. The minimum absolute atomic E-state index is 0.512. The Morgan fingerprint density at radius 3 is 2.32 bits per heavy atom. The van der Waals surface area contributed by atoms with Crippen molar-refractivity contribution in [2.75, 3.05) is 39.5 Å². The standard InChI is InChI=1S/C17H25BrClNO2.C2H2O4/c1-13-3-5-20(6-4-13)7-8-21-9-10-22-17-15(18)11-14(2)12-16(17)19;3-1(4)2(5)6/h11-13H,3-10H2,1-2H3;(H,3,4)(H,5,6). The molecule has 1 aliphatic heterocycles. The summed E-state index contributed by atoms with van der Waals surface area (Å²) in [5.74, 6) is -2.07. The van der Waals surface area contributed by atoms with E-state index in [9.17, 15) is 0 Å². The average Bonchev–Trinajstić information content (AvgIpc) is 2.61. The third-order valence-electron chi connectivity index (χ3n) is 4.23. The first-order valence-electron chi connectivity index (χ1n) is 9.05. The van der Waals surface area contributed by atoms with E-state index in [1.807, 2.05) is 19.1 Å². The van der Waals surface area contributed by atoms with Gasteiger partial charge in [0.15, 0.2) is 5.75 Å². The second-order valence-electron chi connectivity index (χ2n) is 6.65. The SMILES string of the molecule is Cc1cc(Cl)c(OCCOCCN2CCC(C)CC2)c(Br)c1.O=C(O)C(=O)O. The van der Waals surface area contributed by atoms with Crippen LogP contribution in [0.2, 0.25) is 5.02 Å². The highest BCUT2D eigenvalue weighted by molar-refractivity contribution is 9.10. The monoisotopic (exact) mass is 479 g/mol. The van der Waals surface area contributed by atoms with Crippen LogP contribution in [-0.4, -0.2) is 66.5 Å². The van der Waals surface area contributed by atoms with Crippen LogP contribution >= 0.6 is 27.5 Å². The molecule has 1 heterocycles. The zero-order valence-electron chi connectivity index (χ0n) is 16.1. The first-order chi connectivity index (χ1) is 13.2. The number of piperidine rings is 1. The Hall–Kier alpha value is -1.35. The number of aliphatic carboxylic acids is 2. The number of likely N-dealkylation sites (tertiary alicyclic amines) is 1. The van der Waals surface area contributed by atoms with E-state index >= 15 is 0 Å². The topological polar surface area (TPSA) is 96.3 Å². The average molecular weight is 481 g/mol. The first kappa shape index (κ1) is 24.7. The van der Waals surface area contributed by atoms with Crippen molar-refractivity contribution >= 4 is 39.5 Å². The van der Waals surface area contributed by atoms with Crippen LogP contribution in [0, 0.1) is 12.8 Å². The summed E-state index contributed by atoms with van der Waals surface area (Å²) in [7, 11) is 0. The van der Waals surface area contributed by atoms with Crippen molar-refractivity contribution in [1.29, 1.82) is 0 Å². The van der Waals surface area contributed by atoms with Gasteiger partial charge in [0.1, 0.15) is 6.61 Å². The van der Waals surface area contributed by atoms with Gasteiger partial charge in [-0.2, -0.15) is 0 Å². The van der Waals surface area contributed by atoms with Crippen LogP contribution in [0.1, 0.15) is 25.3 Å². The maximum Gasteiger partial charge on any atom is 0.414 e. The van der Waals surface area contributed by atoms with Gasteiger partial charge in [0, 0.05) is 6.54 Å². The number of hydrogen-bond donors (Lipinski definition) is 2. The fourth-order valence-corrected chi connectivity index (χ4v) is 3.74. The number of rotatable bonds is 7. The molecule has 158 valence electrons. The van der Waals surface area contributed by atoms with Crippen molar-refractivity contribution in [3.63, 3.8) is 0 Å². The zero-order valence-corrected chi connectivity index (χ0v) is 18.5. The van der Waals surface area contributed by atoms with Crippen molar-refractivity contribution in [1.82, 2.24) is 4.90 Å². The Labute approximate surface area is 178 Å². The number of hydrogen-bond acceptors (Lipinski definition) is 5. The molecule has 9 heteroatoms. The number of benzene rings is 1. The van der Waals surface area contributed by atoms with Gasteiger partial charge in [-0.25, -0.2) is 9.59 Å². The lowest BCUT2D eigenvalue weighted by molar-refractivity contribution is -0.159. The van der Waals surface area contributed by atoms with Crippen LogP contribution in [0.15, 0.2) is 16.6 Å². The van der Waals surface area contributed by atoms with Gasteiger partial charge in [-0.05, 0) is 72.4 Å². The highest BCUT2D eigenvalue weighted by atomic mass is 79.9. The van der Waals surface area contributed by atoms with Crippen LogP contribution in [0.5, 0.6) is 5.75 Å². The van der Waals surface area contributed by atoms with Crippen molar-refractivity contribution in [2.24, 2.45) is 5.92 Å². The molecular weight excluding hydrogens is 454 g/mol. The van der Waals surface area contributed by atoms with Gasteiger partial charge >= 0.3 is 11.9 Å². The zero-order chi connectivity index (χ0) is 21.1. The molecule has 1 aromatic rings. The molecule has 0 aromatic heterocycles. The van der Waals surface area contributed by atoms with E-state index in [0.29, 0.717) is 24.0 Å². The van der Waals surface area contributed by atoms with E-state index in [0.717, 1.165) is 29.1 Å². The predicted molar refractivity (Wildman–Crippen MR) is 110 cm³/mol. The fourth-order valence-electron chi connectivity index (χ4n) is 2.61. The predicted octanol–water partition coefficient (Wildman–Crippen LogP) is 3.69. The van der Waals surface area contributed by atoms with E-state index in [4.69, 9.17) is 40.9 Å². The van der Waals surface area contributed by atoms with E-state index < -0.39 is 11.9 Å². The summed E-state index contributed by atoms with van der Waals surface area (Å²) in [6.07, 6.45) is 2.62. The third-order valence-corrected chi connectivity index (χ3v) is 5.10. The van der Waals surface area contributed by atoms with Crippen molar-refractivity contribution in [3.05, 3.63) is 27.2 Å². The van der Waals surface area contributed by atoms with Crippen LogP contribution in [-0.2, 0) is 14.3 Å². The summed E-state index contributed by atoms with van der Waals surface area (Å²) in [5, 5.41) is 15.4. The maximum atomic E-state index is 9.10. The van der Waals surface area contributed by atoms with E-state index in [1.165, 1.54) is 25.9 Å². The molecule has 0 saturated carbocycles. The Morgan fingerprint density at radius 1 is 1.18 bits per heavy atom. The maximum absolute atomic E-state index is 9.10. The molecule has 0 radical (unpaired) electrons. The number of nitrogens with zero attached hydrogens (tertiary/aromatic N) is 1. The molecule has 0 aliphatic carbocycles. The lowest BCUT2D eigenvalue weighted by atomic mass is 9.99. The van der Waals surface area contributed by atoms with Gasteiger partial charge < -0.3 is 24.6 Å². The molecule has 1 aliphatic rings. The van der Waals surface area contributed by atoms with Crippen LogP contribution < -0.4 is 4.74 Å². The van der Waals surface area contributed by atoms with E-state index in [-0.39, 0.29) is 0 Å². The van der Waals surface area contributed by atoms with Gasteiger partial charge in [0.2, 0.25) is 0 Å². The second kappa shape index (κ2) is 13.0. The summed E-state index contributed by atoms with van der Waals surface area (Å²) in [6.45, 7) is 9.62. The number of aryl methyl sites for hydroxylation is 1. The van der Waals surface area contributed by atoms with Crippen molar-refractivity contribution in [3.8, 4) is 5.75 Å². The first-order valence-corrected chi connectivity index (χ1v) is 10.2. The molecular formula is C19H27BrClNO6. The number of carboxylic acid groups (broad SMARTS) is 2. The Bertz CT molecular complexity index is 614. The second-order valence-corrected chi connectivity index (χ2v) is 7.91. The summed E-state index contributed by atoms with van der Waals surface area (Å²) < 4.78 is 12.3. The molecule has 0 amide bonds. The lowest BCUT2D eigenvalue weighted by Crippen LogP contribution is -2.35. The van der Waals surface area contributed by atoms with Crippen molar-refractivity contribution < 1.29 is 29.3 Å². The quantitative estimate of drug-likeness (QED) is 0.454. The Morgan fingerprint density at radius 2 is 1.79 bits per heavy atom. The third kappa shape index (κ3) is 9.73. The molecule has 7 nitrogen and oxygen atoms in total. The molecule has 0 unspecified atom stereocenters. The Kier molecular flexibility index (Phi) is 11.4. The molecule has 0 bridgehead atoms. The minimum Gasteiger partial charge on any atom is -0.488 e. The normalized spacial score (nSPS) is 14.9. The van der Waals surface area contributed by atoms with Gasteiger partial charge in [-0.3, -0.25) is 0 Å². The van der Waals surface area contributed by atoms with Gasteiger partial charge in [-0.15, -0.1) is 0 Å². The van der Waals surface area contributed by atoms with Gasteiger partial charge in [-0.1, -0.05) is 18.5 Å². The van der Waals surface area contributed by atoms with Gasteiger partial charge in [0.25, 0.3) is 0 Å².